The molecule has 1 aliphatic carbocycles. The molecule has 0 spiro atoms. The highest BCUT2D eigenvalue weighted by Crippen LogP contribution is 2.48. The van der Waals surface area contributed by atoms with E-state index in [-0.39, 0.29) is 17.7 Å². The Labute approximate surface area is 156 Å². The van der Waals surface area contributed by atoms with Gasteiger partial charge in [-0.25, -0.2) is 0 Å². The van der Waals surface area contributed by atoms with Crippen LogP contribution in [0.1, 0.15) is 36.3 Å². The zero-order valence-corrected chi connectivity index (χ0v) is 14.8. The molecule has 0 bridgehead atoms. The summed E-state index contributed by atoms with van der Waals surface area (Å²) in [6.07, 6.45) is -1.36. The van der Waals surface area contributed by atoms with Gasteiger partial charge in [0.25, 0.3) is 0 Å². The first-order chi connectivity index (χ1) is 12.9. The summed E-state index contributed by atoms with van der Waals surface area (Å²) in [5.41, 5.74) is 1.97. The molecule has 0 radical (unpaired) electrons. The minimum absolute atomic E-state index is 0.00812. The first-order valence-electron chi connectivity index (χ1n) is 9.25. The largest absolute Gasteiger partial charge is 0.416 e. The van der Waals surface area contributed by atoms with E-state index in [0.29, 0.717) is 6.42 Å². The van der Waals surface area contributed by atoms with Gasteiger partial charge in [-0.3, -0.25) is 4.79 Å². The van der Waals surface area contributed by atoms with Gasteiger partial charge in [-0.1, -0.05) is 24.3 Å². The van der Waals surface area contributed by atoms with Crippen molar-refractivity contribution in [3.8, 4) is 0 Å². The molecular formula is C21H21F3N2O. The summed E-state index contributed by atoms with van der Waals surface area (Å²) in [7, 11) is 0. The van der Waals surface area contributed by atoms with Crippen LogP contribution in [0.4, 0.5) is 24.5 Å². The standard InChI is InChI=1S/C21H21F3N2O/c22-21(23,24)15-9-7-14(8-10-15)16-13-17(16)20(27)25-18-5-1-2-6-19(18)26-11-3-4-12-26/h1-2,5-10,16-17H,3-4,11-13H2,(H,25,27). The van der Waals surface area contributed by atoms with E-state index in [1.165, 1.54) is 12.1 Å². The van der Waals surface area contributed by atoms with Gasteiger partial charge in [0.1, 0.15) is 0 Å². The lowest BCUT2D eigenvalue weighted by Crippen LogP contribution is -2.21. The maximum Gasteiger partial charge on any atom is 0.416 e. The van der Waals surface area contributed by atoms with Gasteiger partial charge in [0.05, 0.1) is 16.9 Å². The molecule has 1 amide bonds. The van der Waals surface area contributed by atoms with Crippen molar-refractivity contribution in [3.63, 3.8) is 0 Å². The number of amides is 1. The van der Waals surface area contributed by atoms with Gasteiger partial charge in [0.2, 0.25) is 5.91 Å². The molecule has 1 heterocycles. The number of halogens is 3. The molecule has 0 aromatic heterocycles. The Hall–Kier alpha value is -2.50. The summed E-state index contributed by atoms with van der Waals surface area (Å²) in [6.45, 7) is 1.98. The Kier molecular flexibility index (Phi) is 4.58. The topological polar surface area (TPSA) is 32.3 Å². The van der Waals surface area contributed by atoms with Crippen molar-refractivity contribution in [1.82, 2.24) is 0 Å². The maximum atomic E-state index is 12.7. The lowest BCUT2D eigenvalue weighted by atomic mass is 10.1. The monoisotopic (exact) mass is 374 g/mol. The van der Waals surface area contributed by atoms with Crippen LogP contribution in [0.2, 0.25) is 0 Å². The minimum atomic E-state index is -4.34. The zero-order chi connectivity index (χ0) is 19.0. The van der Waals surface area contributed by atoms with Crippen molar-refractivity contribution in [2.45, 2.75) is 31.4 Å². The fourth-order valence-corrected chi connectivity index (χ4v) is 3.81. The molecule has 2 aliphatic rings. The van der Waals surface area contributed by atoms with E-state index >= 15 is 0 Å². The van der Waals surface area contributed by atoms with Crippen LogP contribution in [0.25, 0.3) is 0 Å². The quantitative estimate of drug-likeness (QED) is 0.812. The van der Waals surface area contributed by atoms with E-state index in [0.717, 1.165) is 55.0 Å². The van der Waals surface area contributed by atoms with Crippen LogP contribution in [-0.2, 0) is 11.0 Å². The first kappa shape index (κ1) is 17.9. The van der Waals surface area contributed by atoms with Crippen LogP contribution in [0, 0.1) is 5.92 Å². The van der Waals surface area contributed by atoms with Crippen molar-refractivity contribution < 1.29 is 18.0 Å². The molecule has 2 atom stereocenters. The third-order valence-corrected chi connectivity index (χ3v) is 5.40. The van der Waals surface area contributed by atoms with Crippen LogP contribution in [0.5, 0.6) is 0 Å². The van der Waals surface area contributed by atoms with Gasteiger partial charge in [0, 0.05) is 19.0 Å². The molecule has 1 aliphatic heterocycles. The molecule has 1 saturated heterocycles. The molecule has 1 N–H and O–H groups in total. The molecule has 6 heteroatoms. The van der Waals surface area contributed by atoms with Crippen molar-refractivity contribution in [1.29, 1.82) is 0 Å². The summed E-state index contributed by atoms with van der Waals surface area (Å²) in [6, 6.07) is 12.9. The molecule has 1 saturated carbocycles. The number of para-hydroxylation sites is 2. The van der Waals surface area contributed by atoms with Gasteiger partial charge in [-0.05, 0) is 55.0 Å². The number of hydrogen-bond acceptors (Lipinski definition) is 2. The van der Waals surface area contributed by atoms with Crippen molar-refractivity contribution >= 4 is 17.3 Å². The number of benzene rings is 2. The van der Waals surface area contributed by atoms with Gasteiger partial charge in [-0.15, -0.1) is 0 Å². The van der Waals surface area contributed by atoms with Crippen molar-refractivity contribution in [3.05, 3.63) is 59.7 Å². The zero-order valence-electron chi connectivity index (χ0n) is 14.8. The predicted octanol–water partition coefficient (Wildman–Crippen LogP) is 5.05. The average Bonchev–Trinajstić information content (AvgIpc) is 3.27. The van der Waals surface area contributed by atoms with Gasteiger partial charge in [0.15, 0.2) is 0 Å². The first-order valence-corrected chi connectivity index (χ1v) is 9.25. The molecule has 2 aromatic carbocycles. The number of anilines is 2. The van der Waals surface area contributed by atoms with Crippen molar-refractivity contribution in [2.24, 2.45) is 5.92 Å². The summed E-state index contributed by atoms with van der Waals surface area (Å²) in [5.74, 6) is -0.258. The summed E-state index contributed by atoms with van der Waals surface area (Å²) >= 11 is 0. The van der Waals surface area contributed by atoms with Crippen LogP contribution < -0.4 is 10.2 Å². The molecule has 27 heavy (non-hydrogen) atoms. The third kappa shape index (κ3) is 3.80. The predicted molar refractivity (Wildman–Crippen MR) is 98.8 cm³/mol. The van der Waals surface area contributed by atoms with E-state index in [1.807, 2.05) is 24.3 Å². The number of nitrogens with one attached hydrogen (secondary N) is 1. The second-order valence-corrected chi connectivity index (χ2v) is 7.27. The van der Waals surface area contributed by atoms with E-state index in [9.17, 15) is 18.0 Å². The fourth-order valence-electron chi connectivity index (χ4n) is 3.81. The lowest BCUT2D eigenvalue weighted by Gasteiger charge is -2.21. The minimum Gasteiger partial charge on any atom is -0.370 e. The van der Waals surface area contributed by atoms with Crippen LogP contribution in [0.15, 0.2) is 48.5 Å². The number of nitrogens with zero attached hydrogens (tertiary/aromatic N) is 1. The van der Waals surface area contributed by atoms with Crippen LogP contribution >= 0.6 is 0 Å². The molecular weight excluding hydrogens is 353 g/mol. The smallest absolute Gasteiger partial charge is 0.370 e. The number of alkyl halides is 3. The Morgan fingerprint density at radius 3 is 2.33 bits per heavy atom. The highest BCUT2D eigenvalue weighted by atomic mass is 19.4. The highest BCUT2D eigenvalue weighted by Gasteiger charge is 2.44. The number of hydrogen-bond donors (Lipinski definition) is 1. The molecule has 3 nitrogen and oxygen atoms in total. The van der Waals surface area contributed by atoms with E-state index in [4.69, 9.17) is 0 Å². The molecule has 2 aromatic rings. The second-order valence-electron chi connectivity index (χ2n) is 7.27. The summed E-state index contributed by atoms with van der Waals surface area (Å²) in [5, 5.41) is 3.02. The summed E-state index contributed by atoms with van der Waals surface area (Å²) in [4.78, 5) is 14.9. The van der Waals surface area contributed by atoms with E-state index in [2.05, 4.69) is 10.2 Å². The number of rotatable bonds is 4. The average molecular weight is 374 g/mol. The third-order valence-electron chi connectivity index (χ3n) is 5.40. The Morgan fingerprint density at radius 2 is 1.67 bits per heavy atom. The van der Waals surface area contributed by atoms with Gasteiger partial charge in [-0.2, -0.15) is 13.2 Å². The number of carbonyl (C=O) groups is 1. The lowest BCUT2D eigenvalue weighted by molar-refractivity contribution is -0.137. The number of carbonyl (C=O) groups excluding carboxylic acids is 1. The molecule has 4 rings (SSSR count). The molecule has 2 unspecified atom stereocenters. The van der Waals surface area contributed by atoms with Crippen LogP contribution in [-0.4, -0.2) is 19.0 Å². The Bertz CT molecular complexity index is 826. The second kappa shape index (κ2) is 6.91. The highest BCUT2D eigenvalue weighted by molar-refractivity contribution is 5.98. The van der Waals surface area contributed by atoms with Crippen molar-refractivity contribution in [2.75, 3.05) is 23.3 Å². The molecule has 2 fully saturated rings. The van der Waals surface area contributed by atoms with E-state index in [1.54, 1.807) is 0 Å². The Morgan fingerprint density at radius 1 is 1.00 bits per heavy atom. The maximum absolute atomic E-state index is 12.7. The van der Waals surface area contributed by atoms with Crippen LogP contribution in [0.3, 0.4) is 0 Å². The Balaban J connectivity index is 1.42. The van der Waals surface area contributed by atoms with E-state index < -0.39 is 11.7 Å². The van der Waals surface area contributed by atoms with Gasteiger partial charge >= 0.3 is 6.18 Å². The summed E-state index contributed by atoms with van der Waals surface area (Å²) < 4.78 is 38.0. The fraction of sp³-hybridized carbons (Fsp3) is 0.381. The van der Waals surface area contributed by atoms with Gasteiger partial charge < -0.3 is 10.2 Å². The SMILES string of the molecule is O=C(Nc1ccccc1N1CCCC1)C1CC1c1ccc(C(F)(F)F)cc1. The normalized spacial score (nSPS) is 22.0. The molecule has 142 valence electrons.